The van der Waals surface area contributed by atoms with Crippen molar-refractivity contribution in [1.82, 2.24) is 15.0 Å². The Morgan fingerprint density at radius 1 is 1.14 bits per heavy atom. The highest BCUT2D eigenvalue weighted by Crippen LogP contribution is 2.34. The van der Waals surface area contributed by atoms with E-state index < -0.39 is 5.97 Å². The van der Waals surface area contributed by atoms with E-state index in [1.54, 1.807) is 18.2 Å². The first-order chi connectivity index (χ1) is 17.4. The number of halogens is 1. The van der Waals surface area contributed by atoms with Gasteiger partial charge in [-0.25, -0.2) is 4.79 Å². The van der Waals surface area contributed by atoms with Crippen molar-refractivity contribution in [3.63, 3.8) is 0 Å². The highest BCUT2D eigenvalue weighted by Gasteiger charge is 2.28. The number of likely N-dealkylation sites (tertiary alicyclic amines) is 1. The van der Waals surface area contributed by atoms with Crippen molar-refractivity contribution in [2.45, 2.75) is 19.4 Å². The maximum Gasteiger partial charge on any atom is 0.340 e. The molecule has 10 nitrogen and oxygen atoms in total. The summed E-state index contributed by atoms with van der Waals surface area (Å²) in [5, 5.41) is 7.56. The Bertz CT molecular complexity index is 1230. The van der Waals surface area contributed by atoms with E-state index in [2.05, 4.69) is 20.4 Å². The van der Waals surface area contributed by atoms with Crippen LogP contribution in [-0.4, -0.2) is 61.3 Å². The number of carbonyl (C=O) groups is 2. The fraction of sp³-hybridized carbons (Fsp3) is 0.360. The third kappa shape index (κ3) is 5.77. The molecule has 0 spiro atoms. The predicted molar refractivity (Wildman–Crippen MR) is 132 cm³/mol. The zero-order valence-corrected chi connectivity index (χ0v) is 21.0. The van der Waals surface area contributed by atoms with Crippen molar-refractivity contribution in [3.05, 3.63) is 52.9 Å². The highest BCUT2D eigenvalue weighted by atomic mass is 35.5. The summed E-state index contributed by atoms with van der Waals surface area (Å²) in [5.74, 6) is 0.603. The molecule has 190 valence electrons. The number of piperidine rings is 1. The van der Waals surface area contributed by atoms with Crippen molar-refractivity contribution in [1.29, 1.82) is 0 Å². The lowest BCUT2D eigenvalue weighted by atomic mass is 9.96. The third-order valence-corrected chi connectivity index (χ3v) is 6.24. The zero-order chi connectivity index (χ0) is 25.7. The van der Waals surface area contributed by atoms with Crippen molar-refractivity contribution in [2.75, 3.05) is 39.7 Å². The summed E-state index contributed by atoms with van der Waals surface area (Å²) < 4.78 is 20.9. The molecule has 1 atom stereocenters. The number of aromatic nitrogens is 2. The molecule has 1 saturated heterocycles. The number of esters is 1. The summed E-state index contributed by atoms with van der Waals surface area (Å²) in [6.45, 7) is 1.73. The molecule has 2 heterocycles. The maximum atomic E-state index is 13.2. The van der Waals surface area contributed by atoms with Crippen LogP contribution in [0.2, 0.25) is 5.02 Å². The molecule has 2 aromatic carbocycles. The molecular weight excluding hydrogens is 488 g/mol. The van der Waals surface area contributed by atoms with Crippen LogP contribution in [-0.2, 0) is 16.1 Å². The molecule has 1 aromatic heterocycles. The Morgan fingerprint density at radius 2 is 1.86 bits per heavy atom. The topological polar surface area (TPSA) is 116 Å². The molecule has 0 bridgehead atoms. The number of benzene rings is 2. The van der Waals surface area contributed by atoms with E-state index in [1.807, 2.05) is 12.1 Å². The minimum atomic E-state index is -0.593. The maximum absolute atomic E-state index is 13.2. The van der Waals surface area contributed by atoms with Gasteiger partial charge in [0.25, 0.3) is 0 Å². The van der Waals surface area contributed by atoms with Gasteiger partial charge in [-0.2, -0.15) is 4.98 Å². The zero-order valence-electron chi connectivity index (χ0n) is 20.2. The van der Waals surface area contributed by atoms with Gasteiger partial charge in [0.15, 0.2) is 11.5 Å². The molecule has 11 heteroatoms. The van der Waals surface area contributed by atoms with E-state index in [9.17, 15) is 9.59 Å². The summed E-state index contributed by atoms with van der Waals surface area (Å²) in [6, 6.07) is 10.2. The lowest BCUT2D eigenvalue weighted by Gasteiger charge is -2.31. The van der Waals surface area contributed by atoms with Crippen LogP contribution in [0.5, 0.6) is 11.5 Å². The summed E-state index contributed by atoms with van der Waals surface area (Å²) >= 11 is 5.95. The lowest BCUT2D eigenvalue weighted by Crippen LogP contribution is -2.40. The number of nitrogens with one attached hydrogen (secondary N) is 1. The number of rotatable bonds is 8. The monoisotopic (exact) mass is 514 g/mol. The molecule has 36 heavy (non-hydrogen) atoms. The molecule has 1 aliphatic rings. The van der Waals surface area contributed by atoms with Crippen molar-refractivity contribution >= 4 is 29.2 Å². The van der Waals surface area contributed by atoms with Crippen LogP contribution in [0.15, 0.2) is 40.9 Å². The summed E-state index contributed by atoms with van der Waals surface area (Å²) in [6.07, 6.45) is 1.54. The van der Waals surface area contributed by atoms with Gasteiger partial charge in [0, 0.05) is 29.3 Å². The summed E-state index contributed by atoms with van der Waals surface area (Å²) in [7, 11) is 4.23. The number of hydrogen-bond donors (Lipinski definition) is 1. The van der Waals surface area contributed by atoms with Gasteiger partial charge in [0.05, 0.1) is 45.0 Å². The number of ether oxygens (including phenoxy) is 3. The highest BCUT2D eigenvalue weighted by molar-refractivity contribution is 6.30. The molecule has 3 aromatic rings. The summed E-state index contributed by atoms with van der Waals surface area (Å²) in [5.41, 5.74) is 1.28. The van der Waals surface area contributed by atoms with Gasteiger partial charge in [-0.1, -0.05) is 16.8 Å². The van der Waals surface area contributed by atoms with E-state index in [0.717, 1.165) is 18.5 Å². The predicted octanol–water partition coefficient (Wildman–Crippen LogP) is 4.04. The molecule has 1 N–H and O–H groups in total. The number of nitrogens with zero attached hydrogens (tertiary/aromatic N) is 3. The van der Waals surface area contributed by atoms with Crippen LogP contribution in [0.1, 0.15) is 29.1 Å². The van der Waals surface area contributed by atoms with Crippen molar-refractivity contribution in [2.24, 2.45) is 5.92 Å². The Labute approximate surface area is 213 Å². The second kappa shape index (κ2) is 11.4. The van der Waals surface area contributed by atoms with Crippen LogP contribution in [0.4, 0.5) is 5.69 Å². The average Bonchev–Trinajstić information content (AvgIpc) is 3.36. The van der Waals surface area contributed by atoms with Gasteiger partial charge in [-0.15, -0.1) is 0 Å². The smallest absolute Gasteiger partial charge is 0.340 e. The molecule has 0 saturated carbocycles. The van der Waals surface area contributed by atoms with E-state index in [0.29, 0.717) is 53.4 Å². The van der Waals surface area contributed by atoms with Gasteiger partial charge in [-0.05, 0) is 43.7 Å². The Balaban J connectivity index is 1.44. The molecular formula is C25H27ClN4O6. The van der Waals surface area contributed by atoms with E-state index in [4.69, 9.17) is 30.3 Å². The normalized spacial score (nSPS) is 15.8. The minimum Gasteiger partial charge on any atom is -0.493 e. The number of hydrogen-bond acceptors (Lipinski definition) is 9. The fourth-order valence-electron chi connectivity index (χ4n) is 4.14. The molecule has 0 radical (unpaired) electrons. The Morgan fingerprint density at radius 3 is 2.56 bits per heavy atom. The molecule has 1 unspecified atom stereocenters. The van der Waals surface area contributed by atoms with E-state index in [1.165, 1.54) is 27.4 Å². The van der Waals surface area contributed by atoms with Gasteiger partial charge in [-0.3, -0.25) is 9.69 Å². The second-order valence-corrected chi connectivity index (χ2v) is 8.76. The second-order valence-electron chi connectivity index (χ2n) is 8.33. The molecule has 1 aliphatic heterocycles. The molecule has 1 amide bonds. The Kier molecular flexibility index (Phi) is 8.07. The number of amides is 1. The molecule has 1 fully saturated rings. The number of methoxy groups -OCH3 is 3. The number of anilines is 1. The first kappa shape index (κ1) is 25.5. The molecule has 4 rings (SSSR count). The SMILES string of the molecule is COC(=O)c1cc(OC)c(OC)cc1NC(=O)C1CCCN(Cc2nc(-c3ccc(Cl)cc3)no2)C1. The first-order valence-corrected chi connectivity index (χ1v) is 11.8. The van der Waals surface area contributed by atoms with Crippen LogP contribution < -0.4 is 14.8 Å². The fourth-order valence-corrected chi connectivity index (χ4v) is 4.26. The van der Waals surface area contributed by atoms with Gasteiger partial charge in [0.1, 0.15) is 0 Å². The first-order valence-electron chi connectivity index (χ1n) is 11.4. The average molecular weight is 515 g/mol. The largest absolute Gasteiger partial charge is 0.493 e. The van der Waals surface area contributed by atoms with Crippen molar-refractivity contribution < 1.29 is 28.3 Å². The van der Waals surface area contributed by atoms with Crippen LogP contribution in [0, 0.1) is 5.92 Å². The quantitative estimate of drug-likeness (QED) is 0.444. The van der Waals surface area contributed by atoms with Gasteiger partial charge in [0.2, 0.25) is 17.6 Å². The third-order valence-electron chi connectivity index (χ3n) is 5.99. The molecule has 0 aliphatic carbocycles. The van der Waals surface area contributed by atoms with Gasteiger partial charge >= 0.3 is 5.97 Å². The van der Waals surface area contributed by atoms with E-state index >= 15 is 0 Å². The standard InChI is InChI=1S/C25H27ClN4O6/c1-33-20-11-18(25(32)35-3)19(12-21(20)34-2)27-24(31)16-5-4-10-30(13-16)14-22-28-23(29-36-22)15-6-8-17(26)9-7-15/h6-9,11-12,16H,4-5,10,13-14H2,1-3H3,(H,27,31). The van der Waals surface area contributed by atoms with Gasteiger partial charge < -0.3 is 24.1 Å². The Hall–Kier alpha value is -3.63. The van der Waals surface area contributed by atoms with Crippen LogP contribution in [0.3, 0.4) is 0 Å². The number of carbonyl (C=O) groups excluding carboxylic acids is 2. The lowest BCUT2D eigenvalue weighted by molar-refractivity contribution is -0.121. The summed E-state index contributed by atoms with van der Waals surface area (Å²) in [4.78, 5) is 32.1. The van der Waals surface area contributed by atoms with Crippen LogP contribution in [0.25, 0.3) is 11.4 Å². The van der Waals surface area contributed by atoms with Crippen molar-refractivity contribution in [3.8, 4) is 22.9 Å². The minimum absolute atomic E-state index is 0.178. The van der Waals surface area contributed by atoms with E-state index in [-0.39, 0.29) is 17.4 Å². The van der Waals surface area contributed by atoms with Crippen LogP contribution >= 0.6 is 11.6 Å².